The Bertz CT molecular complexity index is 596. The van der Waals surface area contributed by atoms with Gasteiger partial charge in [-0.1, -0.05) is 0 Å². The van der Waals surface area contributed by atoms with Gasteiger partial charge in [0.05, 0.1) is 5.39 Å². The fourth-order valence-corrected chi connectivity index (χ4v) is 1.89. The molecule has 0 unspecified atom stereocenters. The summed E-state index contributed by atoms with van der Waals surface area (Å²) >= 11 is 0. The van der Waals surface area contributed by atoms with Gasteiger partial charge in [0.15, 0.2) is 17.0 Å². The average molecular weight is 218 g/mol. The van der Waals surface area contributed by atoms with Crippen LogP contribution < -0.4 is 14.2 Å². The van der Waals surface area contributed by atoms with Gasteiger partial charge in [-0.25, -0.2) is 4.73 Å². The van der Waals surface area contributed by atoms with Gasteiger partial charge < -0.3 is 14.7 Å². The lowest BCUT2D eigenvalue weighted by atomic mass is 10.1. The Morgan fingerprint density at radius 3 is 2.69 bits per heavy atom. The van der Waals surface area contributed by atoms with Gasteiger partial charge in [-0.05, 0) is 18.0 Å². The van der Waals surface area contributed by atoms with Crippen LogP contribution in [-0.4, -0.2) is 11.8 Å². The van der Waals surface area contributed by atoms with Crippen LogP contribution in [0.2, 0.25) is 0 Å². The number of nitrogens with zero attached hydrogens (tertiary/aromatic N) is 2. The van der Waals surface area contributed by atoms with Crippen LogP contribution in [0.5, 0.6) is 11.5 Å². The van der Waals surface area contributed by atoms with Crippen molar-refractivity contribution in [3.8, 4) is 11.5 Å². The van der Waals surface area contributed by atoms with E-state index < -0.39 is 0 Å². The first-order valence-electron chi connectivity index (χ1n) is 4.97. The molecule has 5 nitrogen and oxygen atoms in total. The third kappa shape index (κ3) is 1.11. The zero-order valence-electron chi connectivity index (χ0n) is 8.98. The second-order valence-corrected chi connectivity index (χ2v) is 3.76. The molecule has 0 amide bonds. The van der Waals surface area contributed by atoms with Gasteiger partial charge in [-0.2, -0.15) is 0 Å². The Hall–Kier alpha value is -2.04. The molecule has 1 aliphatic heterocycles. The van der Waals surface area contributed by atoms with Crippen LogP contribution in [0.3, 0.4) is 0 Å². The van der Waals surface area contributed by atoms with Crippen molar-refractivity contribution >= 4 is 10.9 Å². The lowest BCUT2D eigenvalue weighted by molar-refractivity contribution is -0.620. The monoisotopic (exact) mass is 218 g/mol. The maximum absolute atomic E-state index is 11.7. The Balaban J connectivity index is 2.40. The molecule has 5 heteroatoms. The zero-order chi connectivity index (χ0) is 11.3. The summed E-state index contributed by atoms with van der Waals surface area (Å²) in [5.74, 6) is 1.78. The summed E-state index contributed by atoms with van der Waals surface area (Å²) in [6, 6.07) is 3.60. The molecule has 16 heavy (non-hydrogen) atoms. The van der Waals surface area contributed by atoms with E-state index in [2.05, 4.69) is 4.98 Å². The van der Waals surface area contributed by atoms with Gasteiger partial charge in [0.2, 0.25) is 6.79 Å². The number of aromatic nitrogens is 2. The molecule has 0 radical (unpaired) electrons. The van der Waals surface area contributed by atoms with E-state index in [0.29, 0.717) is 23.0 Å². The molecule has 2 aromatic rings. The summed E-state index contributed by atoms with van der Waals surface area (Å²) in [5, 5.41) is 12.5. The Morgan fingerprint density at radius 2 is 1.94 bits per heavy atom. The van der Waals surface area contributed by atoms with Crippen LogP contribution >= 0.6 is 0 Å². The predicted molar refractivity (Wildman–Crippen MR) is 56.3 cm³/mol. The van der Waals surface area contributed by atoms with Gasteiger partial charge in [-0.3, -0.25) is 0 Å². The minimum absolute atomic E-state index is 0.223. The van der Waals surface area contributed by atoms with E-state index in [4.69, 9.17) is 9.47 Å². The van der Waals surface area contributed by atoms with Gasteiger partial charge in [0.25, 0.3) is 5.82 Å². The highest BCUT2D eigenvalue weighted by Crippen LogP contribution is 2.35. The SMILES string of the molecule is Cc1nc2cc3c(cc2c(C)[n+]1[O-])OCO3. The fourth-order valence-electron chi connectivity index (χ4n) is 1.89. The van der Waals surface area contributed by atoms with E-state index in [9.17, 15) is 5.21 Å². The molecule has 0 fully saturated rings. The van der Waals surface area contributed by atoms with E-state index in [0.717, 1.165) is 15.6 Å². The second kappa shape index (κ2) is 2.98. The standard InChI is InChI=1S/C11H10N2O3/c1-6-8-3-10-11(16-5-15-10)4-9(8)12-7(2)13(6)14/h3-4H,5H2,1-2H3. The highest BCUT2D eigenvalue weighted by atomic mass is 16.7. The van der Waals surface area contributed by atoms with Crippen LogP contribution in [0.4, 0.5) is 0 Å². The molecule has 82 valence electrons. The van der Waals surface area contributed by atoms with Crippen molar-refractivity contribution in [2.45, 2.75) is 13.8 Å². The summed E-state index contributed by atoms with van der Waals surface area (Å²) in [6.45, 7) is 3.68. The van der Waals surface area contributed by atoms with E-state index in [1.165, 1.54) is 0 Å². The van der Waals surface area contributed by atoms with Crippen molar-refractivity contribution < 1.29 is 14.2 Å². The quantitative estimate of drug-likeness (QED) is 0.492. The minimum atomic E-state index is 0.223. The normalized spacial score (nSPS) is 13.4. The first-order chi connectivity index (χ1) is 7.66. The molecule has 1 aromatic carbocycles. The van der Waals surface area contributed by atoms with E-state index in [1.807, 2.05) is 0 Å². The number of hydrogen-bond donors (Lipinski definition) is 0. The molecule has 0 saturated heterocycles. The molecule has 0 atom stereocenters. The van der Waals surface area contributed by atoms with Gasteiger partial charge in [0, 0.05) is 13.0 Å². The van der Waals surface area contributed by atoms with Crippen molar-refractivity contribution in [1.29, 1.82) is 0 Å². The summed E-state index contributed by atoms with van der Waals surface area (Å²) in [6.07, 6.45) is 0. The van der Waals surface area contributed by atoms with Crippen LogP contribution in [0.25, 0.3) is 10.9 Å². The predicted octanol–water partition coefficient (Wildman–Crippen LogP) is 1.21. The zero-order valence-corrected chi connectivity index (χ0v) is 8.98. The molecular weight excluding hydrogens is 208 g/mol. The van der Waals surface area contributed by atoms with Crippen molar-refractivity contribution in [1.82, 2.24) is 4.98 Å². The summed E-state index contributed by atoms with van der Waals surface area (Å²) in [7, 11) is 0. The molecule has 0 saturated carbocycles. The summed E-state index contributed by atoms with van der Waals surface area (Å²) in [4.78, 5) is 4.23. The molecule has 1 aliphatic rings. The Kier molecular flexibility index (Phi) is 1.71. The molecule has 3 rings (SSSR count). The maximum Gasteiger partial charge on any atom is 0.299 e. The number of hydrogen-bond acceptors (Lipinski definition) is 4. The first-order valence-corrected chi connectivity index (χ1v) is 4.97. The van der Waals surface area contributed by atoms with Crippen LogP contribution in [0.1, 0.15) is 11.5 Å². The second-order valence-electron chi connectivity index (χ2n) is 3.76. The van der Waals surface area contributed by atoms with Gasteiger partial charge in [0.1, 0.15) is 5.69 Å². The molecule has 0 N–H and O–H groups in total. The van der Waals surface area contributed by atoms with Crippen molar-refractivity contribution in [2.75, 3.05) is 6.79 Å². The number of ether oxygens (including phenoxy) is 2. The van der Waals surface area contributed by atoms with Crippen LogP contribution in [0.15, 0.2) is 12.1 Å². The van der Waals surface area contributed by atoms with Gasteiger partial charge in [-0.15, -0.1) is 0 Å². The number of fused-ring (bicyclic) bond motifs is 2. The Labute approximate surface area is 91.8 Å². The third-order valence-electron chi connectivity index (χ3n) is 2.76. The van der Waals surface area contributed by atoms with E-state index in [-0.39, 0.29) is 6.79 Å². The fraction of sp³-hybridized carbons (Fsp3) is 0.273. The van der Waals surface area contributed by atoms with E-state index in [1.54, 1.807) is 26.0 Å². The largest absolute Gasteiger partial charge is 0.711 e. The molecule has 1 aromatic heterocycles. The Morgan fingerprint density at radius 1 is 1.25 bits per heavy atom. The highest BCUT2D eigenvalue weighted by Gasteiger charge is 2.20. The molecule has 2 heterocycles. The smallest absolute Gasteiger partial charge is 0.299 e. The van der Waals surface area contributed by atoms with E-state index >= 15 is 0 Å². The van der Waals surface area contributed by atoms with Crippen molar-refractivity contribution in [3.05, 3.63) is 28.9 Å². The maximum atomic E-state index is 11.7. The third-order valence-corrected chi connectivity index (χ3v) is 2.76. The highest BCUT2D eigenvalue weighted by molar-refractivity contribution is 5.84. The molecule has 0 spiro atoms. The summed E-state index contributed by atoms with van der Waals surface area (Å²) in [5.41, 5.74) is 1.38. The number of benzene rings is 1. The average Bonchev–Trinajstić information content (AvgIpc) is 2.71. The lowest BCUT2D eigenvalue weighted by Crippen LogP contribution is -2.35. The van der Waals surface area contributed by atoms with Crippen molar-refractivity contribution in [2.24, 2.45) is 0 Å². The molecular formula is C11H10N2O3. The topological polar surface area (TPSA) is 58.3 Å². The molecule has 0 aliphatic carbocycles. The van der Waals surface area contributed by atoms with Crippen LogP contribution in [0, 0.1) is 19.1 Å². The number of rotatable bonds is 0. The summed E-state index contributed by atoms with van der Waals surface area (Å²) < 4.78 is 11.4. The number of aryl methyl sites for hydroxylation is 2. The van der Waals surface area contributed by atoms with Crippen LogP contribution in [-0.2, 0) is 0 Å². The first kappa shape index (κ1) is 9.21. The lowest BCUT2D eigenvalue weighted by Gasteiger charge is -2.09. The minimum Gasteiger partial charge on any atom is -0.711 e. The van der Waals surface area contributed by atoms with Gasteiger partial charge >= 0.3 is 0 Å². The molecule has 0 bridgehead atoms. The van der Waals surface area contributed by atoms with Crippen molar-refractivity contribution in [3.63, 3.8) is 0 Å².